The summed E-state index contributed by atoms with van der Waals surface area (Å²) in [6, 6.07) is 12.5. The molecule has 0 fully saturated rings. The highest BCUT2D eigenvalue weighted by molar-refractivity contribution is 5.92. The molecule has 4 rings (SSSR count). The first-order valence-electron chi connectivity index (χ1n) is 7.96. The van der Waals surface area contributed by atoms with Crippen LogP contribution in [0.25, 0.3) is 0 Å². The Bertz CT molecular complexity index is 933. The van der Waals surface area contributed by atoms with Gasteiger partial charge in [-0.15, -0.1) is 0 Å². The number of carbonyl (C=O) groups is 1. The van der Waals surface area contributed by atoms with Crippen molar-refractivity contribution in [2.75, 3.05) is 12.1 Å². The third-order valence-corrected chi connectivity index (χ3v) is 3.67. The van der Waals surface area contributed by atoms with E-state index in [4.69, 9.17) is 9.47 Å². The Labute approximate surface area is 149 Å². The largest absolute Gasteiger partial charge is 0.454 e. The van der Waals surface area contributed by atoms with Gasteiger partial charge >= 0.3 is 0 Å². The number of fused-ring (bicyclic) bond motifs is 1. The maximum Gasteiger partial charge on any atom is 0.270 e. The molecule has 3 heterocycles. The quantitative estimate of drug-likeness (QED) is 0.729. The minimum atomic E-state index is -0.299. The second kappa shape index (κ2) is 7.06. The number of aromatic nitrogens is 3. The molecule has 3 aromatic rings. The van der Waals surface area contributed by atoms with Gasteiger partial charge in [0.1, 0.15) is 5.69 Å². The van der Waals surface area contributed by atoms with Gasteiger partial charge in [0, 0.05) is 24.1 Å². The fraction of sp³-hybridized carbons (Fsp3) is 0.111. The number of amides is 1. The second-order valence-corrected chi connectivity index (χ2v) is 5.46. The van der Waals surface area contributed by atoms with Crippen LogP contribution in [0.3, 0.4) is 0 Å². The Morgan fingerprint density at radius 2 is 1.96 bits per heavy atom. The molecule has 0 spiro atoms. The normalized spacial score (nSPS) is 11.8. The molecular formula is C18H15N5O3. The summed E-state index contributed by atoms with van der Waals surface area (Å²) in [6.45, 7) is 0.538. The topological polar surface area (TPSA) is 98.3 Å². The van der Waals surface area contributed by atoms with E-state index in [0.29, 0.717) is 24.0 Å². The summed E-state index contributed by atoms with van der Waals surface area (Å²) in [7, 11) is 0. The molecule has 0 saturated carbocycles. The molecule has 26 heavy (non-hydrogen) atoms. The van der Waals surface area contributed by atoms with E-state index in [1.54, 1.807) is 24.4 Å². The maximum absolute atomic E-state index is 12.3. The highest BCUT2D eigenvalue weighted by Crippen LogP contribution is 2.34. The van der Waals surface area contributed by atoms with E-state index in [-0.39, 0.29) is 18.4 Å². The third-order valence-electron chi connectivity index (χ3n) is 3.67. The van der Waals surface area contributed by atoms with Gasteiger partial charge < -0.3 is 20.1 Å². The van der Waals surface area contributed by atoms with Crippen LogP contribution in [0.5, 0.6) is 11.5 Å². The zero-order valence-corrected chi connectivity index (χ0v) is 13.7. The summed E-state index contributed by atoms with van der Waals surface area (Å²) in [5.74, 6) is 1.36. The predicted octanol–water partition coefficient (Wildman–Crippen LogP) is 2.27. The van der Waals surface area contributed by atoms with Crippen molar-refractivity contribution in [2.24, 2.45) is 0 Å². The average molecular weight is 349 g/mol. The SMILES string of the molecule is O=C(NCc1ccccn1)c1ccnc(Nc2ccc3c(c2)OCO3)n1. The number of nitrogens with one attached hydrogen (secondary N) is 2. The van der Waals surface area contributed by atoms with E-state index in [1.165, 1.54) is 6.20 Å². The molecule has 0 unspecified atom stereocenters. The van der Waals surface area contributed by atoms with Crippen molar-refractivity contribution in [3.8, 4) is 11.5 Å². The van der Waals surface area contributed by atoms with Crippen molar-refractivity contribution < 1.29 is 14.3 Å². The van der Waals surface area contributed by atoms with Crippen LogP contribution in [0.4, 0.5) is 11.6 Å². The zero-order valence-electron chi connectivity index (χ0n) is 13.7. The summed E-state index contributed by atoms with van der Waals surface area (Å²) in [5, 5.41) is 5.84. The lowest BCUT2D eigenvalue weighted by atomic mass is 10.3. The van der Waals surface area contributed by atoms with Crippen molar-refractivity contribution in [3.05, 3.63) is 66.2 Å². The van der Waals surface area contributed by atoms with E-state index in [9.17, 15) is 4.79 Å². The molecule has 2 N–H and O–H groups in total. The van der Waals surface area contributed by atoms with Gasteiger partial charge in [-0.05, 0) is 30.3 Å². The summed E-state index contributed by atoms with van der Waals surface area (Å²) in [5.41, 5.74) is 1.77. The lowest BCUT2D eigenvalue weighted by Crippen LogP contribution is -2.24. The van der Waals surface area contributed by atoms with Crippen molar-refractivity contribution >= 4 is 17.5 Å². The molecule has 130 valence electrons. The Hall–Kier alpha value is -3.68. The summed E-state index contributed by atoms with van der Waals surface area (Å²) in [4.78, 5) is 24.8. The van der Waals surface area contributed by atoms with Gasteiger partial charge in [0.25, 0.3) is 5.91 Å². The number of anilines is 2. The summed E-state index contributed by atoms with van der Waals surface area (Å²) >= 11 is 0. The van der Waals surface area contributed by atoms with Gasteiger partial charge in [-0.25, -0.2) is 9.97 Å². The lowest BCUT2D eigenvalue weighted by molar-refractivity contribution is 0.0945. The van der Waals surface area contributed by atoms with Crippen LogP contribution in [0, 0.1) is 0 Å². The van der Waals surface area contributed by atoms with Crippen LogP contribution in [-0.2, 0) is 6.54 Å². The van der Waals surface area contributed by atoms with Gasteiger partial charge in [-0.3, -0.25) is 9.78 Å². The Kier molecular flexibility index (Phi) is 4.29. The number of ether oxygens (including phenoxy) is 2. The first-order valence-corrected chi connectivity index (χ1v) is 7.96. The number of rotatable bonds is 5. The van der Waals surface area contributed by atoms with Crippen LogP contribution in [0.1, 0.15) is 16.2 Å². The molecule has 8 nitrogen and oxygen atoms in total. The number of hydrogen-bond acceptors (Lipinski definition) is 7. The summed E-state index contributed by atoms with van der Waals surface area (Å²) in [6.07, 6.45) is 3.21. The van der Waals surface area contributed by atoms with Crippen LogP contribution in [0.2, 0.25) is 0 Å². The molecular weight excluding hydrogens is 334 g/mol. The Morgan fingerprint density at radius 1 is 1.04 bits per heavy atom. The monoisotopic (exact) mass is 349 g/mol. The van der Waals surface area contributed by atoms with Gasteiger partial charge in [-0.1, -0.05) is 6.07 Å². The van der Waals surface area contributed by atoms with Crippen molar-refractivity contribution in [1.82, 2.24) is 20.3 Å². The van der Waals surface area contributed by atoms with Gasteiger partial charge in [0.15, 0.2) is 11.5 Å². The van der Waals surface area contributed by atoms with Crippen LogP contribution in [-0.4, -0.2) is 27.7 Å². The first kappa shape index (κ1) is 15.8. The minimum Gasteiger partial charge on any atom is -0.454 e. The first-order chi connectivity index (χ1) is 12.8. The predicted molar refractivity (Wildman–Crippen MR) is 93.3 cm³/mol. The van der Waals surface area contributed by atoms with E-state index in [0.717, 1.165) is 11.4 Å². The van der Waals surface area contributed by atoms with E-state index < -0.39 is 0 Å². The zero-order chi connectivity index (χ0) is 17.8. The molecule has 1 aromatic carbocycles. The minimum absolute atomic E-state index is 0.210. The van der Waals surface area contributed by atoms with E-state index in [2.05, 4.69) is 25.6 Å². The maximum atomic E-state index is 12.3. The van der Waals surface area contributed by atoms with Crippen LogP contribution < -0.4 is 20.1 Å². The van der Waals surface area contributed by atoms with Crippen molar-refractivity contribution in [1.29, 1.82) is 0 Å². The van der Waals surface area contributed by atoms with Gasteiger partial charge in [-0.2, -0.15) is 0 Å². The highest BCUT2D eigenvalue weighted by Gasteiger charge is 2.14. The number of hydrogen-bond donors (Lipinski definition) is 2. The third kappa shape index (κ3) is 3.54. The molecule has 1 aliphatic heterocycles. The summed E-state index contributed by atoms with van der Waals surface area (Å²) < 4.78 is 10.6. The molecule has 8 heteroatoms. The van der Waals surface area contributed by atoms with Crippen LogP contribution >= 0.6 is 0 Å². The molecule has 0 bridgehead atoms. The Morgan fingerprint density at radius 3 is 2.85 bits per heavy atom. The average Bonchev–Trinajstić information content (AvgIpc) is 3.15. The molecule has 1 aliphatic rings. The molecule has 0 saturated heterocycles. The highest BCUT2D eigenvalue weighted by atomic mass is 16.7. The fourth-order valence-electron chi connectivity index (χ4n) is 2.41. The van der Waals surface area contributed by atoms with Crippen molar-refractivity contribution in [3.63, 3.8) is 0 Å². The van der Waals surface area contributed by atoms with E-state index in [1.807, 2.05) is 24.3 Å². The fourth-order valence-corrected chi connectivity index (χ4v) is 2.41. The number of benzene rings is 1. The smallest absolute Gasteiger partial charge is 0.270 e. The second-order valence-electron chi connectivity index (χ2n) is 5.46. The number of carbonyl (C=O) groups excluding carboxylic acids is 1. The van der Waals surface area contributed by atoms with Gasteiger partial charge in [0.2, 0.25) is 12.7 Å². The van der Waals surface area contributed by atoms with Gasteiger partial charge in [0.05, 0.1) is 12.2 Å². The number of pyridine rings is 1. The Balaban J connectivity index is 1.43. The van der Waals surface area contributed by atoms with Crippen LogP contribution in [0.15, 0.2) is 54.9 Å². The van der Waals surface area contributed by atoms with E-state index >= 15 is 0 Å². The molecule has 2 aromatic heterocycles. The lowest BCUT2D eigenvalue weighted by Gasteiger charge is -2.08. The number of nitrogens with zero attached hydrogens (tertiary/aromatic N) is 3. The molecule has 0 atom stereocenters. The molecule has 0 aliphatic carbocycles. The standard InChI is InChI=1S/C18H15N5O3/c24-17(21-10-13-3-1-2-7-19-13)14-6-8-20-18(23-14)22-12-4-5-15-16(9-12)26-11-25-15/h1-9H,10-11H2,(H,21,24)(H,20,22,23). The molecule has 0 radical (unpaired) electrons. The van der Waals surface area contributed by atoms with Crippen molar-refractivity contribution in [2.45, 2.75) is 6.54 Å². The molecule has 1 amide bonds.